The van der Waals surface area contributed by atoms with Crippen LogP contribution in [-0.2, 0) is 0 Å². The van der Waals surface area contributed by atoms with Gasteiger partial charge in [0.2, 0.25) is 0 Å². The highest BCUT2D eigenvalue weighted by Gasteiger charge is 2.40. The zero-order valence-corrected chi connectivity index (χ0v) is 22.0. The van der Waals surface area contributed by atoms with Gasteiger partial charge in [-0.3, -0.25) is 9.80 Å². The fourth-order valence-electron chi connectivity index (χ4n) is 6.06. The third kappa shape index (κ3) is 6.08. The molecule has 2 N–H and O–H groups in total. The molecule has 7 heteroatoms. The van der Waals surface area contributed by atoms with Gasteiger partial charge in [-0.1, -0.05) is 18.2 Å². The number of hydrogen-bond acceptors (Lipinski definition) is 5. The van der Waals surface area contributed by atoms with Gasteiger partial charge in [0.1, 0.15) is 0 Å². The summed E-state index contributed by atoms with van der Waals surface area (Å²) in [7, 11) is 4.11. The number of para-hydroxylation sites is 1. The quantitative estimate of drug-likeness (QED) is 0.573. The molecule has 0 radical (unpaired) electrons. The molecule has 2 aromatic rings. The lowest BCUT2D eigenvalue weighted by atomic mass is 9.75. The molecule has 6 rings (SSSR count). The summed E-state index contributed by atoms with van der Waals surface area (Å²) in [5.74, 6) is 1.66. The first kappa shape index (κ1) is 24.3. The van der Waals surface area contributed by atoms with E-state index in [-0.39, 0.29) is 0 Å². The van der Waals surface area contributed by atoms with Crippen LogP contribution in [0.3, 0.4) is 0 Å². The van der Waals surface area contributed by atoms with Gasteiger partial charge in [0, 0.05) is 83.0 Å². The predicted octanol–water partition coefficient (Wildman–Crippen LogP) is 3.57. The minimum Gasteiger partial charge on any atom is -0.378 e. The van der Waals surface area contributed by atoms with Gasteiger partial charge in [0.25, 0.3) is 0 Å². The van der Waals surface area contributed by atoms with E-state index in [1.165, 1.54) is 56.9 Å². The topological polar surface area (TPSA) is 37.0 Å². The number of nitrogens with zero attached hydrogens (tertiary/aromatic N) is 4. The summed E-state index contributed by atoms with van der Waals surface area (Å²) in [6, 6.07) is 19.8. The summed E-state index contributed by atoms with van der Waals surface area (Å²) in [5.41, 5.74) is 3.59. The number of fused-ring (bicyclic) bond motifs is 3. The molecule has 35 heavy (non-hydrogen) atoms. The zero-order valence-electron chi connectivity index (χ0n) is 21.2. The first-order valence-electron chi connectivity index (χ1n) is 13.1. The highest BCUT2D eigenvalue weighted by atomic mass is 32.1. The van der Waals surface area contributed by atoms with Gasteiger partial charge >= 0.3 is 0 Å². The van der Waals surface area contributed by atoms with E-state index >= 15 is 0 Å². The fraction of sp³-hybridized carbons (Fsp3) is 0.536. The summed E-state index contributed by atoms with van der Waals surface area (Å²) in [6.07, 6.45) is 2.65. The zero-order chi connectivity index (χ0) is 24.2. The maximum Gasteiger partial charge on any atom is 0.170 e. The Hall–Kier alpha value is -2.35. The van der Waals surface area contributed by atoms with Gasteiger partial charge in [0.05, 0.1) is 0 Å². The van der Waals surface area contributed by atoms with Crippen molar-refractivity contribution in [1.29, 1.82) is 0 Å². The minimum atomic E-state index is 0.593. The normalized spacial score (nSPS) is 26.4. The number of piperidine rings is 3. The van der Waals surface area contributed by atoms with Crippen molar-refractivity contribution in [3.8, 4) is 0 Å². The lowest BCUT2D eigenvalue weighted by Crippen LogP contribution is -2.59. The molecule has 6 nitrogen and oxygen atoms in total. The Labute approximate surface area is 216 Å². The molecule has 2 bridgehead atoms. The van der Waals surface area contributed by atoms with E-state index in [1.807, 2.05) is 0 Å². The maximum absolute atomic E-state index is 5.59. The molecule has 0 aliphatic carbocycles. The van der Waals surface area contributed by atoms with E-state index in [9.17, 15) is 0 Å². The Morgan fingerprint density at radius 1 is 0.971 bits per heavy atom. The van der Waals surface area contributed by atoms with Gasteiger partial charge in [0.15, 0.2) is 5.11 Å². The average molecular weight is 493 g/mol. The molecule has 0 amide bonds. The first-order chi connectivity index (χ1) is 17.0. The molecule has 4 aliphatic rings. The van der Waals surface area contributed by atoms with Crippen LogP contribution in [0.25, 0.3) is 0 Å². The van der Waals surface area contributed by atoms with Crippen LogP contribution in [0.4, 0.5) is 17.1 Å². The Kier molecular flexibility index (Phi) is 7.75. The monoisotopic (exact) mass is 492 g/mol. The molecule has 0 aromatic heterocycles. The van der Waals surface area contributed by atoms with Gasteiger partial charge in [-0.25, -0.2) is 0 Å². The summed E-state index contributed by atoms with van der Waals surface area (Å²) >= 11 is 5.59. The predicted molar refractivity (Wildman–Crippen MR) is 152 cm³/mol. The van der Waals surface area contributed by atoms with E-state index in [4.69, 9.17) is 12.2 Å². The molecule has 188 valence electrons. The van der Waals surface area contributed by atoms with Crippen LogP contribution >= 0.6 is 12.2 Å². The van der Waals surface area contributed by atoms with Gasteiger partial charge in [-0.2, -0.15) is 0 Å². The number of benzene rings is 2. The van der Waals surface area contributed by atoms with Gasteiger partial charge in [-0.05, 0) is 79.8 Å². The highest BCUT2D eigenvalue weighted by molar-refractivity contribution is 7.80. The minimum absolute atomic E-state index is 0.593. The second-order valence-electron chi connectivity index (χ2n) is 10.6. The van der Waals surface area contributed by atoms with Crippen molar-refractivity contribution >= 4 is 34.4 Å². The third-order valence-corrected chi connectivity index (χ3v) is 8.39. The summed E-state index contributed by atoms with van der Waals surface area (Å²) in [6.45, 7) is 9.30. The van der Waals surface area contributed by atoms with E-state index < -0.39 is 0 Å². The molecule has 0 spiro atoms. The van der Waals surface area contributed by atoms with Crippen molar-refractivity contribution in [2.75, 3.05) is 81.6 Å². The summed E-state index contributed by atoms with van der Waals surface area (Å²) in [4.78, 5) is 10.1. The van der Waals surface area contributed by atoms with Gasteiger partial charge < -0.3 is 20.4 Å². The highest BCUT2D eigenvalue weighted by Crippen LogP contribution is 2.36. The molecule has 4 atom stereocenters. The number of rotatable bonds is 7. The van der Waals surface area contributed by atoms with Crippen LogP contribution in [0.5, 0.6) is 0 Å². The number of anilines is 3. The van der Waals surface area contributed by atoms with Crippen LogP contribution in [0, 0.1) is 11.8 Å². The Morgan fingerprint density at radius 2 is 1.71 bits per heavy atom. The van der Waals surface area contributed by atoms with E-state index in [1.54, 1.807) is 0 Å². The maximum atomic E-state index is 5.59. The number of hydrogen-bond donors (Lipinski definition) is 2. The summed E-state index contributed by atoms with van der Waals surface area (Å²) < 4.78 is 0. The molecule has 4 heterocycles. The molecule has 2 aromatic carbocycles. The molecule has 4 saturated heterocycles. The first-order valence-corrected chi connectivity index (χ1v) is 13.5. The second kappa shape index (κ2) is 11.1. The Bertz CT molecular complexity index is 957. The van der Waals surface area contributed by atoms with Crippen molar-refractivity contribution in [2.45, 2.75) is 18.9 Å². The Balaban J connectivity index is 1.05. The molecule has 0 saturated carbocycles. The van der Waals surface area contributed by atoms with Crippen molar-refractivity contribution in [2.24, 2.45) is 11.8 Å². The molecular formula is C28H40N6S. The van der Waals surface area contributed by atoms with Crippen molar-refractivity contribution < 1.29 is 0 Å². The van der Waals surface area contributed by atoms with Gasteiger partial charge in [-0.15, -0.1) is 0 Å². The molecule has 1 unspecified atom stereocenters. The lowest BCUT2D eigenvalue weighted by molar-refractivity contribution is -0.0110. The van der Waals surface area contributed by atoms with E-state index in [0.29, 0.717) is 6.04 Å². The molecule has 4 fully saturated rings. The SMILES string of the molecule is CN(C)c1ccc(NC(=S)NC[C@H]2C[C@H]3CCN2C[C@@H]3CN2CCN(c3ccccc3)CC2)cc1. The van der Waals surface area contributed by atoms with Crippen LogP contribution in [-0.4, -0.2) is 87.4 Å². The van der Waals surface area contributed by atoms with Crippen LogP contribution in [0.2, 0.25) is 0 Å². The standard InChI is InChI=1S/C28H40N6S/c1-31(2)25-10-8-24(9-11-25)30-28(35)29-19-27-18-22-12-13-34(27)21-23(22)20-32-14-16-33(17-15-32)26-6-4-3-5-7-26/h3-11,22-23,27H,12-21H2,1-2H3,(H2,29,30,35)/t22-,23+,27-/m1/s1. The molecular weight excluding hydrogens is 452 g/mol. The Morgan fingerprint density at radius 3 is 2.37 bits per heavy atom. The largest absolute Gasteiger partial charge is 0.378 e. The molecule has 4 aliphatic heterocycles. The fourth-order valence-corrected chi connectivity index (χ4v) is 6.26. The number of thiocarbonyl (C=S) groups is 1. The third-order valence-electron chi connectivity index (χ3n) is 8.14. The van der Waals surface area contributed by atoms with Crippen LogP contribution < -0.4 is 20.4 Å². The van der Waals surface area contributed by atoms with Crippen molar-refractivity contribution in [3.63, 3.8) is 0 Å². The lowest BCUT2D eigenvalue weighted by Gasteiger charge is -2.51. The summed E-state index contributed by atoms with van der Waals surface area (Å²) in [5, 5.41) is 7.56. The number of piperazine rings is 1. The van der Waals surface area contributed by atoms with E-state index in [0.717, 1.165) is 42.3 Å². The smallest absolute Gasteiger partial charge is 0.170 e. The van der Waals surface area contributed by atoms with Crippen LogP contribution in [0.15, 0.2) is 54.6 Å². The van der Waals surface area contributed by atoms with Crippen LogP contribution in [0.1, 0.15) is 12.8 Å². The van der Waals surface area contributed by atoms with Crippen molar-refractivity contribution in [3.05, 3.63) is 54.6 Å². The second-order valence-corrected chi connectivity index (χ2v) is 11.0. The number of nitrogens with one attached hydrogen (secondary N) is 2. The average Bonchev–Trinajstić information content (AvgIpc) is 2.89. The van der Waals surface area contributed by atoms with Crippen molar-refractivity contribution in [1.82, 2.24) is 15.1 Å². The van der Waals surface area contributed by atoms with E-state index in [2.05, 4.69) is 98.9 Å².